The minimum absolute atomic E-state index is 0.142. The van der Waals surface area contributed by atoms with Gasteiger partial charge in [-0.2, -0.15) is 0 Å². The van der Waals surface area contributed by atoms with Crippen LogP contribution in [-0.2, 0) is 12.8 Å². The summed E-state index contributed by atoms with van der Waals surface area (Å²) in [5.74, 6) is 3.17. The number of halogens is 4. The molecule has 4 heteroatoms. The predicted molar refractivity (Wildman–Crippen MR) is 134 cm³/mol. The third-order valence-electron chi connectivity index (χ3n) is 6.23. The standard InChI is InChI=1S/C31H26F4/c1-20(17-21(2)32)27-6-4-3-5-24(27)11-7-22-9-15-28-26(18-22)14-13-25(31(28)35)12-8-23-10-16-29(33)30(34)19-23/h3-6,9-10,13-16,18-21H,7,11,17H2,1-2H3. The SMILES string of the molecule is CC(F)CC(C)c1ccccc1CCc1ccc2c(F)c(C#Cc3ccc(F)c(F)c3)ccc2c1. The Hall–Kier alpha value is -3.58. The van der Waals surface area contributed by atoms with E-state index in [0.29, 0.717) is 11.8 Å². The molecule has 0 saturated heterocycles. The molecule has 0 heterocycles. The second-order valence-corrected chi connectivity index (χ2v) is 8.98. The number of benzene rings is 4. The molecule has 0 aliphatic heterocycles. The zero-order valence-corrected chi connectivity index (χ0v) is 19.7. The van der Waals surface area contributed by atoms with E-state index < -0.39 is 23.6 Å². The topological polar surface area (TPSA) is 0 Å². The summed E-state index contributed by atoms with van der Waals surface area (Å²) in [5, 5.41) is 1.23. The normalized spacial score (nSPS) is 12.7. The Kier molecular flexibility index (Phi) is 7.56. The summed E-state index contributed by atoms with van der Waals surface area (Å²) < 4.78 is 55.1. The van der Waals surface area contributed by atoms with Crippen molar-refractivity contribution in [2.75, 3.05) is 0 Å². The first kappa shape index (κ1) is 24.5. The molecule has 4 rings (SSSR count). The van der Waals surface area contributed by atoms with Crippen LogP contribution in [0.3, 0.4) is 0 Å². The highest BCUT2D eigenvalue weighted by Crippen LogP contribution is 2.27. The van der Waals surface area contributed by atoms with Crippen molar-refractivity contribution in [3.63, 3.8) is 0 Å². The van der Waals surface area contributed by atoms with E-state index in [1.807, 2.05) is 30.3 Å². The maximum Gasteiger partial charge on any atom is 0.160 e. The molecule has 0 N–H and O–H groups in total. The summed E-state index contributed by atoms with van der Waals surface area (Å²) in [6, 6.07) is 20.5. The van der Waals surface area contributed by atoms with Crippen molar-refractivity contribution in [3.8, 4) is 11.8 Å². The first-order chi connectivity index (χ1) is 16.8. The van der Waals surface area contributed by atoms with Crippen LogP contribution in [0.25, 0.3) is 10.8 Å². The monoisotopic (exact) mass is 474 g/mol. The third kappa shape index (κ3) is 5.92. The van der Waals surface area contributed by atoms with Gasteiger partial charge in [0.15, 0.2) is 11.6 Å². The highest BCUT2D eigenvalue weighted by Gasteiger charge is 2.14. The number of hydrogen-bond acceptors (Lipinski definition) is 0. The Balaban J connectivity index is 1.53. The summed E-state index contributed by atoms with van der Waals surface area (Å²) in [6.07, 6.45) is 1.24. The molecule has 2 unspecified atom stereocenters. The number of aryl methyl sites for hydroxylation is 2. The summed E-state index contributed by atoms with van der Waals surface area (Å²) in [7, 11) is 0. The quantitative estimate of drug-likeness (QED) is 0.195. The van der Waals surface area contributed by atoms with Crippen LogP contribution in [0.1, 0.15) is 54.0 Å². The Labute approximate surface area is 203 Å². The van der Waals surface area contributed by atoms with Crippen LogP contribution < -0.4 is 0 Å². The average molecular weight is 475 g/mol. The van der Waals surface area contributed by atoms with Gasteiger partial charge in [-0.15, -0.1) is 0 Å². The molecule has 0 aliphatic rings. The second-order valence-electron chi connectivity index (χ2n) is 8.98. The van der Waals surface area contributed by atoms with E-state index in [2.05, 4.69) is 30.9 Å². The molecule has 0 aromatic heterocycles. The van der Waals surface area contributed by atoms with Gasteiger partial charge in [0.25, 0.3) is 0 Å². The first-order valence-electron chi connectivity index (χ1n) is 11.7. The molecule has 35 heavy (non-hydrogen) atoms. The van der Waals surface area contributed by atoms with Crippen molar-refractivity contribution in [2.45, 2.75) is 45.2 Å². The third-order valence-corrected chi connectivity index (χ3v) is 6.23. The van der Waals surface area contributed by atoms with Crippen LogP contribution in [-0.4, -0.2) is 6.17 Å². The zero-order valence-electron chi connectivity index (χ0n) is 19.7. The molecular weight excluding hydrogens is 448 g/mol. The summed E-state index contributed by atoms with van der Waals surface area (Å²) >= 11 is 0. The van der Waals surface area contributed by atoms with Gasteiger partial charge >= 0.3 is 0 Å². The van der Waals surface area contributed by atoms with Gasteiger partial charge in [-0.05, 0) is 78.4 Å². The molecule has 4 aromatic carbocycles. The van der Waals surface area contributed by atoms with Gasteiger partial charge in [0.1, 0.15) is 5.82 Å². The fourth-order valence-electron chi connectivity index (χ4n) is 4.44. The molecule has 0 aliphatic carbocycles. The second kappa shape index (κ2) is 10.8. The molecule has 0 saturated carbocycles. The molecule has 0 radical (unpaired) electrons. The summed E-state index contributed by atoms with van der Waals surface area (Å²) in [6.45, 7) is 3.65. The largest absolute Gasteiger partial charge is 0.248 e. The number of fused-ring (bicyclic) bond motifs is 1. The minimum atomic E-state index is -0.989. The van der Waals surface area contributed by atoms with Crippen molar-refractivity contribution in [3.05, 3.63) is 118 Å². The van der Waals surface area contributed by atoms with Crippen molar-refractivity contribution in [1.82, 2.24) is 0 Å². The maximum atomic E-state index is 15.1. The first-order valence-corrected chi connectivity index (χ1v) is 11.7. The fraction of sp³-hybridized carbons (Fsp3) is 0.226. The molecule has 2 atom stereocenters. The Morgan fingerprint density at radius 1 is 0.771 bits per heavy atom. The lowest BCUT2D eigenvalue weighted by molar-refractivity contribution is 0.324. The number of hydrogen-bond donors (Lipinski definition) is 0. The van der Waals surface area contributed by atoms with Crippen LogP contribution >= 0.6 is 0 Å². The van der Waals surface area contributed by atoms with Gasteiger partial charge in [0.05, 0.1) is 11.7 Å². The maximum absolute atomic E-state index is 15.1. The molecule has 4 aromatic rings. The molecule has 0 nitrogen and oxygen atoms in total. The lowest BCUT2D eigenvalue weighted by Gasteiger charge is -2.17. The van der Waals surface area contributed by atoms with Crippen LogP contribution in [0.5, 0.6) is 0 Å². The molecule has 0 amide bonds. The van der Waals surface area contributed by atoms with E-state index >= 15 is 4.39 Å². The van der Waals surface area contributed by atoms with Crippen LogP contribution in [0.2, 0.25) is 0 Å². The number of alkyl halides is 1. The highest BCUT2D eigenvalue weighted by atomic mass is 19.2. The Morgan fingerprint density at radius 3 is 2.34 bits per heavy atom. The number of rotatable bonds is 6. The van der Waals surface area contributed by atoms with E-state index in [0.717, 1.165) is 35.9 Å². The van der Waals surface area contributed by atoms with E-state index in [9.17, 15) is 13.2 Å². The predicted octanol–water partition coefficient (Wildman–Crippen LogP) is 8.29. The molecular formula is C31H26F4. The van der Waals surface area contributed by atoms with Crippen molar-refractivity contribution in [2.24, 2.45) is 0 Å². The van der Waals surface area contributed by atoms with Crippen molar-refractivity contribution < 1.29 is 17.6 Å². The van der Waals surface area contributed by atoms with E-state index in [1.54, 1.807) is 19.1 Å². The van der Waals surface area contributed by atoms with Gasteiger partial charge in [-0.25, -0.2) is 17.6 Å². The molecule has 178 valence electrons. The lowest BCUT2D eigenvalue weighted by Crippen LogP contribution is -2.05. The smallest absolute Gasteiger partial charge is 0.160 e. The summed E-state index contributed by atoms with van der Waals surface area (Å²) in [5.41, 5.74) is 3.93. The summed E-state index contributed by atoms with van der Waals surface area (Å²) in [4.78, 5) is 0. The fourth-order valence-corrected chi connectivity index (χ4v) is 4.44. The lowest BCUT2D eigenvalue weighted by atomic mass is 9.89. The van der Waals surface area contributed by atoms with Crippen LogP contribution in [0, 0.1) is 29.3 Å². The van der Waals surface area contributed by atoms with Gasteiger partial charge in [-0.1, -0.05) is 67.3 Å². The van der Waals surface area contributed by atoms with E-state index in [4.69, 9.17) is 0 Å². The average Bonchev–Trinajstić information content (AvgIpc) is 2.84. The molecule has 0 bridgehead atoms. The van der Waals surface area contributed by atoms with Gasteiger partial charge in [0, 0.05) is 10.9 Å². The molecule has 0 spiro atoms. The zero-order chi connectivity index (χ0) is 24.9. The van der Waals surface area contributed by atoms with E-state index in [-0.39, 0.29) is 17.0 Å². The molecule has 0 fully saturated rings. The Morgan fingerprint density at radius 2 is 1.57 bits per heavy atom. The van der Waals surface area contributed by atoms with Crippen LogP contribution in [0.4, 0.5) is 17.6 Å². The Bertz CT molecular complexity index is 1410. The van der Waals surface area contributed by atoms with Gasteiger partial charge in [-0.3, -0.25) is 0 Å². The highest BCUT2D eigenvalue weighted by molar-refractivity contribution is 5.85. The van der Waals surface area contributed by atoms with E-state index in [1.165, 1.54) is 17.2 Å². The van der Waals surface area contributed by atoms with Gasteiger partial charge in [0.2, 0.25) is 0 Å². The van der Waals surface area contributed by atoms with Crippen LogP contribution in [0.15, 0.2) is 72.8 Å². The van der Waals surface area contributed by atoms with Crippen molar-refractivity contribution >= 4 is 10.8 Å². The van der Waals surface area contributed by atoms with Gasteiger partial charge < -0.3 is 0 Å². The minimum Gasteiger partial charge on any atom is -0.248 e. The van der Waals surface area contributed by atoms with Crippen molar-refractivity contribution in [1.29, 1.82) is 0 Å².